The Morgan fingerprint density at radius 1 is 1.32 bits per heavy atom. The summed E-state index contributed by atoms with van der Waals surface area (Å²) >= 11 is 1.28. The fourth-order valence-electron chi connectivity index (χ4n) is 2.68. The van der Waals surface area contributed by atoms with Crippen molar-refractivity contribution in [2.45, 2.75) is 44.5 Å². The van der Waals surface area contributed by atoms with Gasteiger partial charge in [0.1, 0.15) is 11.2 Å². The molecule has 0 N–H and O–H groups in total. The van der Waals surface area contributed by atoms with Crippen molar-refractivity contribution in [2.75, 3.05) is 13.1 Å². The Labute approximate surface area is 150 Å². The molecule has 0 atom stereocenters. The van der Waals surface area contributed by atoms with Crippen LogP contribution in [0.5, 0.6) is 0 Å². The lowest BCUT2D eigenvalue weighted by Crippen LogP contribution is -2.42. The zero-order valence-corrected chi connectivity index (χ0v) is 15.5. The summed E-state index contributed by atoms with van der Waals surface area (Å²) in [5.74, 6) is 0.350. The normalized spacial score (nSPS) is 16.2. The van der Waals surface area contributed by atoms with Crippen molar-refractivity contribution >= 4 is 33.9 Å². The highest BCUT2D eigenvalue weighted by Gasteiger charge is 2.29. The van der Waals surface area contributed by atoms with Gasteiger partial charge in [0.05, 0.1) is 0 Å². The van der Waals surface area contributed by atoms with Crippen LogP contribution in [0.1, 0.15) is 44.2 Å². The number of rotatable bonds is 2. The second-order valence-electron chi connectivity index (χ2n) is 7.10. The maximum Gasteiger partial charge on any atom is 0.410 e. The van der Waals surface area contributed by atoms with Gasteiger partial charge in [0.25, 0.3) is 5.12 Å². The van der Waals surface area contributed by atoms with E-state index in [0.717, 1.165) is 18.2 Å². The van der Waals surface area contributed by atoms with E-state index in [1.165, 1.54) is 11.8 Å². The molecule has 0 bridgehead atoms. The molecule has 1 amide bonds. The van der Waals surface area contributed by atoms with Gasteiger partial charge in [-0.2, -0.15) is 0 Å². The Morgan fingerprint density at radius 3 is 2.68 bits per heavy atom. The number of hydrogen-bond acceptors (Lipinski definition) is 6. The van der Waals surface area contributed by atoms with Gasteiger partial charge in [0.15, 0.2) is 5.76 Å². The Hall–Kier alpha value is -2.02. The molecular formula is C18H22N2O4S. The van der Waals surface area contributed by atoms with Crippen molar-refractivity contribution in [1.29, 1.82) is 0 Å². The molecule has 134 valence electrons. The lowest BCUT2D eigenvalue weighted by Gasteiger charge is -2.32. The summed E-state index contributed by atoms with van der Waals surface area (Å²) in [7, 11) is 0. The minimum absolute atomic E-state index is 0.0769. The number of pyridine rings is 1. The largest absolute Gasteiger partial charge is 0.452 e. The van der Waals surface area contributed by atoms with Crippen LogP contribution in [-0.4, -0.2) is 45.0 Å². The van der Waals surface area contributed by atoms with E-state index in [0.29, 0.717) is 24.4 Å². The number of ether oxygens (including phenoxy) is 1. The van der Waals surface area contributed by atoms with Crippen LogP contribution in [0.3, 0.4) is 0 Å². The summed E-state index contributed by atoms with van der Waals surface area (Å²) in [4.78, 5) is 30.2. The molecule has 2 aromatic heterocycles. The molecular weight excluding hydrogens is 340 g/mol. The molecule has 0 aromatic carbocycles. The third-order valence-electron chi connectivity index (χ3n) is 3.89. The second-order valence-corrected chi connectivity index (χ2v) is 8.37. The predicted molar refractivity (Wildman–Crippen MR) is 96.8 cm³/mol. The SMILES string of the molecule is CC(C)(C)OC(=O)N1CCC(SC(=O)c2cc3cnccc3o2)CC1. The number of carbonyl (C=O) groups excluding carboxylic acids is 2. The van der Waals surface area contributed by atoms with Crippen LogP contribution in [-0.2, 0) is 4.74 Å². The van der Waals surface area contributed by atoms with Crippen molar-refractivity contribution in [2.24, 2.45) is 0 Å². The van der Waals surface area contributed by atoms with E-state index < -0.39 is 5.60 Å². The molecule has 0 spiro atoms. The number of fused-ring (bicyclic) bond motifs is 1. The van der Waals surface area contributed by atoms with Gasteiger partial charge in [-0.25, -0.2) is 4.79 Å². The average Bonchev–Trinajstić information content (AvgIpc) is 2.98. The summed E-state index contributed by atoms with van der Waals surface area (Å²) in [6.45, 7) is 6.77. The number of amides is 1. The molecule has 1 aliphatic rings. The molecule has 1 aliphatic heterocycles. The van der Waals surface area contributed by atoms with Crippen LogP contribution in [0.2, 0.25) is 0 Å². The van der Waals surface area contributed by atoms with E-state index in [4.69, 9.17) is 9.15 Å². The highest BCUT2D eigenvalue weighted by molar-refractivity contribution is 8.14. The maximum absolute atomic E-state index is 12.4. The molecule has 7 heteroatoms. The number of furan rings is 1. The maximum atomic E-state index is 12.4. The van der Waals surface area contributed by atoms with Crippen molar-refractivity contribution in [3.63, 3.8) is 0 Å². The van der Waals surface area contributed by atoms with Gasteiger partial charge in [0.2, 0.25) is 0 Å². The lowest BCUT2D eigenvalue weighted by atomic mass is 10.1. The zero-order valence-electron chi connectivity index (χ0n) is 14.7. The lowest BCUT2D eigenvalue weighted by molar-refractivity contribution is 0.0219. The molecule has 0 aliphatic carbocycles. The van der Waals surface area contributed by atoms with E-state index >= 15 is 0 Å². The Morgan fingerprint density at radius 2 is 2.04 bits per heavy atom. The second kappa shape index (κ2) is 7.07. The quantitative estimate of drug-likeness (QED) is 0.801. The molecule has 0 saturated carbocycles. The van der Waals surface area contributed by atoms with Crippen molar-refractivity contribution < 1.29 is 18.7 Å². The first kappa shape index (κ1) is 17.8. The molecule has 1 saturated heterocycles. The summed E-state index contributed by atoms with van der Waals surface area (Å²) in [6.07, 6.45) is 4.56. The van der Waals surface area contributed by atoms with E-state index in [9.17, 15) is 9.59 Å². The third kappa shape index (κ3) is 4.54. The van der Waals surface area contributed by atoms with E-state index in [2.05, 4.69) is 4.98 Å². The highest BCUT2D eigenvalue weighted by Crippen LogP contribution is 2.29. The number of aromatic nitrogens is 1. The molecule has 0 radical (unpaired) electrons. The summed E-state index contributed by atoms with van der Waals surface area (Å²) in [6, 6.07) is 3.48. The molecule has 3 heterocycles. The van der Waals surface area contributed by atoms with Gasteiger partial charge in [-0.3, -0.25) is 9.78 Å². The predicted octanol–water partition coefficient (Wildman–Crippen LogP) is 4.10. The average molecular weight is 362 g/mol. The number of piperidine rings is 1. The van der Waals surface area contributed by atoms with Crippen LogP contribution in [0.25, 0.3) is 11.0 Å². The van der Waals surface area contributed by atoms with Gasteiger partial charge >= 0.3 is 6.09 Å². The first-order chi connectivity index (χ1) is 11.8. The van der Waals surface area contributed by atoms with E-state index in [1.807, 2.05) is 20.8 Å². The molecule has 6 nitrogen and oxygen atoms in total. The Balaban J connectivity index is 1.53. The molecule has 2 aromatic rings. The van der Waals surface area contributed by atoms with E-state index in [1.54, 1.807) is 29.4 Å². The smallest absolute Gasteiger partial charge is 0.410 e. The molecule has 3 rings (SSSR count). The number of nitrogens with zero attached hydrogens (tertiary/aromatic N) is 2. The van der Waals surface area contributed by atoms with Crippen LogP contribution in [0.4, 0.5) is 4.79 Å². The number of thioether (sulfide) groups is 1. The molecule has 0 unspecified atom stereocenters. The number of hydrogen-bond donors (Lipinski definition) is 0. The topological polar surface area (TPSA) is 72.6 Å². The minimum Gasteiger partial charge on any atom is -0.452 e. The summed E-state index contributed by atoms with van der Waals surface area (Å²) in [5.41, 5.74) is 0.174. The van der Waals surface area contributed by atoms with Crippen molar-refractivity contribution in [1.82, 2.24) is 9.88 Å². The van der Waals surface area contributed by atoms with Crippen LogP contribution >= 0.6 is 11.8 Å². The molecule has 25 heavy (non-hydrogen) atoms. The Bertz CT molecular complexity index is 740. The monoisotopic (exact) mass is 362 g/mol. The summed E-state index contributed by atoms with van der Waals surface area (Å²) < 4.78 is 11.0. The molecule has 1 fully saturated rings. The third-order valence-corrected chi connectivity index (χ3v) is 5.11. The van der Waals surface area contributed by atoms with Gasteiger partial charge in [-0.1, -0.05) is 11.8 Å². The first-order valence-corrected chi connectivity index (χ1v) is 9.22. The van der Waals surface area contributed by atoms with Gasteiger partial charge in [-0.05, 0) is 45.7 Å². The first-order valence-electron chi connectivity index (χ1n) is 8.34. The van der Waals surface area contributed by atoms with Crippen LogP contribution in [0, 0.1) is 0 Å². The summed E-state index contributed by atoms with van der Waals surface area (Å²) in [5, 5.41) is 0.927. The standard InChI is InChI=1S/C18H22N2O4S/c1-18(2,3)24-17(22)20-8-5-13(6-9-20)25-16(21)15-10-12-11-19-7-4-14(12)23-15/h4,7,10-11,13H,5-6,8-9H2,1-3H3. The van der Waals surface area contributed by atoms with Crippen LogP contribution in [0.15, 0.2) is 28.9 Å². The van der Waals surface area contributed by atoms with Crippen molar-refractivity contribution in [3.05, 3.63) is 30.3 Å². The minimum atomic E-state index is -0.491. The zero-order chi connectivity index (χ0) is 18.0. The van der Waals surface area contributed by atoms with Crippen LogP contribution < -0.4 is 0 Å². The van der Waals surface area contributed by atoms with Gasteiger partial charge < -0.3 is 14.1 Å². The fraction of sp³-hybridized carbons (Fsp3) is 0.500. The van der Waals surface area contributed by atoms with Gasteiger partial charge in [-0.15, -0.1) is 0 Å². The fourth-order valence-corrected chi connectivity index (χ4v) is 3.64. The number of likely N-dealkylation sites (tertiary alicyclic amines) is 1. The van der Waals surface area contributed by atoms with E-state index in [-0.39, 0.29) is 16.5 Å². The highest BCUT2D eigenvalue weighted by atomic mass is 32.2. The van der Waals surface area contributed by atoms with Gasteiger partial charge in [0, 0.05) is 36.1 Å². The Kier molecular flexibility index (Phi) is 5.03. The van der Waals surface area contributed by atoms with Crippen molar-refractivity contribution in [3.8, 4) is 0 Å². The number of carbonyl (C=O) groups is 2.